The zero-order valence-corrected chi connectivity index (χ0v) is 11.1. The quantitative estimate of drug-likeness (QED) is 0.845. The van der Waals surface area contributed by atoms with Crippen LogP contribution in [0.1, 0.15) is 48.6 Å². The Morgan fingerprint density at radius 3 is 2.31 bits per heavy atom. The fourth-order valence-electron chi connectivity index (χ4n) is 2.15. The van der Waals surface area contributed by atoms with Gasteiger partial charge in [-0.25, -0.2) is 0 Å². The Morgan fingerprint density at radius 2 is 1.81 bits per heavy atom. The van der Waals surface area contributed by atoms with Gasteiger partial charge in [0.2, 0.25) is 0 Å². The summed E-state index contributed by atoms with van der Waals surface area (Å²) in [7, 11) is 0. The molecule has 2 nitrogen and oxygen atoms in total. The molecule has 0 fully saturated rings. The minimum Gasteiger partial charge on any atom is -0.494 e. The molecule has 2 N–H and O–H groups in total. The molecule has 0 aromatic heterocycles. The van der Waals surface area contributed by atoms with Gasteiger partial charge in [0.05, 0.1) is 6.61 Å². The second-order valence-electron chi connectivity index (χ2n) is 4.30. The van der Waals surface area contributed by atoms with Gasteiger partial charge >= 0.3 is 0 Å². The van der Waals surface area contributed by atoms with E-state index in [4.69, 9.17) is 10.5 Å². The first-order valence-corrected chi connectivity index (χ1v) is 6.01. The van der Waals surface area contributed by atoms with Crippen molar-refractivity contribution >= 4 is 0 Å². The predicted molar refractivity (Wildman–Crippen MR) is 69.0 cm³/mol. The second kappa shape index (κ2) is 5.35. The zero-order chi connectivity index (χ0) is 12.3. The van der Waals surface area contributed by atoms with Gasteiger partial charge in [0.15, 0.2) is 0 Å². The van der Waals surface area contributed by atoms with E-state index >= 15 is 0 Å². The molecule has 0 aliphatic rings. The first-order valence-electron chi connectivity index (χ1n) is 6.01. The number of hydrogen-bond donors (Lipinski definition) is 1. The van der Waals surface area contributed by atoms with Gasteiger partial charge in [-0.15, -0.1) is 0 Å². The van der Waals surface area contributed by atoms with Crippen molar-refractivity contribution < 1.29 is 4.74 Å². The highest BCUT2D eigenvalue weighted by Crippen LogP contribution is 2.31. The summed E-state index contributed by atoms with van der Waals surface area (Å²) >= 11 is 0. The van der Waals surface area contributed by atoms with Crippen LogP contribution in [0.5, 0.6) is 5.75 Å². The summed E-state index contributed by atoms with van der Waals surface area (Å²) < 4.78 is 5.63. The van der Waals surface area contributed by atoms with Gasteiger partial charge in [0.25, 0.3) is 0 Å². The standard InChI is InChI=1S/C14H23NO/c1-6-12(15)14-9(3)8-13(16-7-2)10(4)11(14)5/h8,12H,6-7,15H2,1-5H3. The van der Waals surface area contributed by atoms with E-state index < -0.39 is 0 Å². The van der Waals surface area contributed by atoms with Crippen LogP contribution in [0.3, 0.4) is 0 Å². The zero-order valence-electron chi connectivity index (χ0n) is 11.1. The summed E-state index contributed by atoms with van der Waals surface area (Å²) in [5.74, 6) is 0.990. The van der Waals surface area contributed by atoms with Crippen molar-refractivity contribution in [3.63, 3.8) is 0 Å². The molecular weight excluding hydrogens is 198 g/mol. The lowest BCUT2D eigenvalue weighted by Crippen LogP contribution is -2.13. The Kier molecular flexibility index (Phi) is 4.36. The summed E-state index contributed by atoms with van der Waals surface area (Å²) in [6, 6.07) is 2.24. The molecule has 1 aromatic rings. The van der Waals surface area contributed by atoms with Crippen LogP contribution in [-0.4, -0.2) is 6.61 Å². The number of ether oxygens (including phenoxy) is 1. The van der Waals surface area contributed by atoms with Crippen LogP contribution in [0.25, 0.3) is 0 Å². The summed E-state index contributed by atoms with van der Waals surface area (Å²) in [6.45, 7) is 11.2. The summed E-state index contributed by atoms with van der Waals surface area (Å²) in [5, 5.41) is 0. The van der Waals surface area contributed by atoms with Gasteiger partial charge in [-0.2, -0.15) is 0 Å². The second-order valence-corrected chi connectivity index (χ2v) is 4.30. The molecule has 0 heterocycles. The van der Waals surface area contributed by atoms with Gasteiger partial charge < -0.3 is 10.5 Å². The maximum atomic E-state index is 6.15. The smallest absolute Gasteiger partial charge is 0.122 e. The van der Waals surface area contributed by atoms with Crippen LogP contribution in [0.15, 0.2) is 6.07 Å². The lowest BCUT2D eigenvalue weighted by Gasteiger charge is -2.20. The van der Waals surface area contributed by atoms with Crippen molar-refractivity contribution in [2.45, 2.75) is 47.1 Å². The summed E-state index contributed by atoms with van der Waals surface area (Å²) in [4.78, 5) is 0. The van der Waals surface area contributed by atoms with Crippen LogP contribution >= 0.6 is 0 Å². The third-order valence-electron chi connectivity index (χ3n) is 3.22. The van der Waals surface area contributed by atoms with Crippen molar-refractivity contribution in [1.82, 2.24) is 0 Å². The van der Waals surface area contributed by atoms with E-state index in [2.05, 4.69) is 33.8 Å². The number of benzene rings is 1. The fraction of sp³-hybridized carbons (Fsp3) is 0.571. The molecule has 1 unspecified atom stereocenters. The van der Waals surface area contributed by atoms with Crippen LogP contribution in [0.2, 0.25) is 0 Å². The first-order chi connectivity index (χ1) is 7.52. The minimum atomic E-state index is 0.134. The molecule has 0 aliphatic heterocycles. The Bertz CT molecular complexity index is 371. The Morgan fingerprint density at radius 1 is 1.19 bits per heavy atom. The average molecular weight is 221 g/mol. The molecule has 0 radical (unpaired) electrons. The first kappa shape index (κ1) is 13.0. The van der Waals surface area contributed by atoms with Gasteiger partial charge in [-0.3, -0.25) is 0 Å². The Hall–Kier alpha value is -1.02. The number of rotatable bonds is 4. The molecule has 0 saturated heterocycles. The molecule has 1 atom stereocenters. The predicted octanol–water partition coefficient (Wildman–Crippen LogP) is 3.42. The van der Waals surface area contributed by atoms with Crippen molar-refractivity contribution in [3.8, 4) is 5.75 Å². The lowest BCUT2D eigenvalue weighted by molar-refractivity contribution is 0.337. The van der Waals surface area contributed by atoms with E-state index in [1.54, 1.807) is 0 Å². The maximum Gasteiger partial charge on any atom is 0.122 e. The molecule has 90 valence electrons. The van der Waals surface area contributed by atoms with E-state index in [1.807, 2.05) is 6.92 Å². The topological polar surface area (TPSA) is 35.2 Å². The molecule has 1 rings (SSSR count). The molecule has 0 saturated carbocycles. The van der Waals surface area contributed by atoms with Crippen LogP contribution in [0, 0.1) is 20.8 Å². The Labute approximate surface area is 98.8 Å². The van der Waals surface area contributed by atoms with Crippen molar-refractivity contribution in [3.05, 3.63) is 28.3 Å². The summed E-state index contributed by atoms with van der Waals surface area (Å²) in [6.07, 6.45) is 0.967. The molecule has 0 amide bonds. The third-order valence-corrected chi connectivity index (χ3v) is 3.22. The lowest BCUT2D eigenvalue weighted by atomic mass is 9.91. The van der Waals surface area contributed by atoms with Gasteiger partial charge in [0, 0.05) is 6.04 Å². The monoisotopic (exact) mass is 221 g/mol. The third kappa shape index (κ3) is 2.38. The molecule has 1 aromatic carbocycles. The highest BCUT2D eigenvalue weighted by Gasteiger charge is 2.15. The number of aryl methyl sites for hydroxylation is 1. The summed E-state index contributed by atoms with van der Waals surface area (Å²) in [5.41, 5.74) is 11.2. The van der Waals surface area contributed by atoms with E-state index in [0.717, 1.165) is 12.2 Å². The van der Waals surface area contributed by atoms with Gasteiger partial charge in [-0.1, -0.05) is 6.92 Å². The fourth-order valence-corrected chi connectivity index (χ4v) is 2.15. The molecule has 16 heavy (non-hydrogen) atoms. The Balaban J connectivity index is 3.28. The van der Waals surface area contributed by atoms with E-state index in [9.17, 15) is 0 Å². The maximum absolute atomic E-state index is 6.15. The van der Waals surface area contributed by atoms with Crippen LogP contribution < -0.4 is 10.5 Å². The highest BCUT2D eigenvalue weighted by atomic mass is 16.5. The van der Waals surface area contributed by atoms with Gasteiger partial charge in [-0.05, 0) is 62.4 Å². The number of hydrogen-bond acceptors (Lipinski definition) is 2. The average Bonchev–Trinajstić information content (AvgIpc) is 2.25. The van der Waals surface area contributed by atoms with Crippen molar-refractivity contribution in [2.75, 3.05) is 6.61 Å². The molecule has 0 bridgehead atoms. The van der Waals surface area contributed by atoms with Crippen molar-refractivity contribution in [1.29, 1.82) is 0 Å². The number of nitrogens with two attached hydrogens (primary N) is 1. The van der Waals surface area contributed by atoms with Crippen LogP contribution in [-0.2, 0) is 0 Å². The van der Waals surface area contributed by atoms with E-state index in [-0.39, 0.29) is 6.04 Å². The SMILES string of the molecule is CCOc1cc(C)c(C(N)CC)c(C)c1C. The molecular formula is C14H23NO. The molecule has 0 spiro atoms. The van der Waals surface area contributed by atoms with Crippen LogP contribution in [0.4, 0.5) is 0 Å². The normalized spacial score (nSPS) is 12.6. The minimum absolute atomic E-state index is 0.134. The molecule has 2 heteroatoms. The highest BCUT2D eigenvalue weighted by molar-refractivity contribution is 5.49. The largest absolute Gasteiger partial charge is 0.494 e. The molecule has 0 aliphatic carbocycles. The van der Waals surface area contributed by atoms with Crippen molar-refractivity contribution in [2.24, 2.45) is 5.73 Å². The van der Waals surface area contributed by atoms with E-state index in [0.29, 0.717) is 6.61 Å². The van der Waals surface area contributed by atoms with E-state index in [1.165, 1.54) is 22.3 Å². The van der Waals surface area contributed by atoms with Gasteiger partial charge in [0.1, 0.15) is 5.75 Å².